The van der Waals surface area contributed by atoms with Gasteiger partial charge in [-0.05, 0) is 34.1 Å². The van der Waals surface area contributed by atoms with Crippen molar-refractivity contribution in [3.63, 3.8) is 0 Å². The molecule has 0 saturated heterocycles. The van der Waals surface area contributed by atoms with Gasteiger partial charge in [-0.15, -0.1) is 0 Å². The Morgan fingerprint density at radius 2 is 2.00 bits per heavy atom. The van der Waals surface area contributed by atoms with Crippen LogP contribution in [0.1, 0.15) is 64.0 Å². The van der Waals surface area contributed by atoms with Crippen LogP contribution in [0.2, 0.25) is 0 Å². The SMILES string of the molecule is CCC(C)c1ncc(CNC(C)(C)C)c(C)n1. The largest absolute Gasteiger partial charge is 0.308 e. The normalized spacial score (nSPS) is 13.8. The lowest BCUT2D eigenvalue weighted by Crippen LogP contribution is -2.35. The number of hydrogen-bond donors (Lipinski definition) is 1. The molecule has 0 aliphatic heterocycles. The summed E-state index contributed by atoms with van der Waals surface area (Å²) in [5, 5.41) is 3.46. The van der Waals surface area contributed by atoms with E-state index in [1.165, 1.54) is 5.56 Å². The van der Waals surface area contributed by atoms with Crippen molar-refractivity contribution >= 4 is 0 Å². The van der Waals surface area contributed by atoms with Gasteiger partial charge in [-0.2, -0.15) is 0 Å². The highest BCUT2D eigenvalue weighted by molar-refractivity contribution is 5.17. The minimum atomic E-state index is 0.127. The fraction of sp³-hybridized carbons (Fsp3) is 0.714. The van der Waals surface area contributed by atoms with Crippen molar-refractivity contribution in [1.82, 2.24) is 15.3 Å². The average molecular weight is 235 g/mol. The van der Waals surface area contributed by atoms with Crippen LogP contribution in [0.25, 0.3) is 0 Å². The molecule has 1 aromatic rings. The summed E-state index contributed by atoms with van der Waals surface area (Å²) in [6.07, 6.45) is 3.04. The first-order valence-electron chi connectivity index (χ1n) is 6.41. The van der Waals surface area contributed by atoms with Gasteiger partial charge in [0, 0.05) is 35.5 Å². The Balaban J connectivity index is 2.76. The Morgan fingerprint density at radius 3 is 2.47 bits per heavy atom. The standard InChI is InChI=1S/C14H25N3/c1-7-10(2)13-15-8-12(11(3)17-13)9-16-14(4,5)6/h8,10,16H,7,9H2,1-6H3. The molecular weight excluding hydrogens is 210 g/mol. The molecule has 3 heteroatoms. The van der Waals surface area contributed by atoms with E-state index in [4.69, 9.17) is 0 Å². The molecular formula is C14H25N3. The third-order valence-electron chi connectivity index (χ3n) is 2.96. The van der Waals surface area contributed by atoms with Gasteiger partial charge in [0.15, 0.2) is 0 Å². The molecule has 0 spiro atoms. The molecule has 1 N–H and O–H groups in total. The zero-order chi connectivity index (χ0) is 13.1. The molecule has 1 aromatic heterocycles. The quantitative estimate of drug-likeness (QED) is 0.871. The summed E-state index contributed by atoms with van der Waals surface area (Å²) < 4.78 is 0. The molecule has 0 radical (unpaired) electrons. The first-order chi connectivity index (χ1) is 7.83. The van der Waals surface area contributed by atoms with Crippen molar-refractivity contribution in [2.45, 2.75) is 66.0 Å². The summed E-state index contributed by atoms with van der Waals surface area (Å²) in [7, 11) is 0. The van der Waals surface area contributed by atoms with Gasteiger partial charge in [0.1, 0.15) is 5.82 Å². The molecule has 96 valence electrons. The summed E-state index contributed by atoms with van der Waals surface area (Å²) in [4.78, 5) is 9.05. The van der Waals surface area contributed by atoms with E-state index in [9.17, 15) is 0 Å². The minimum Gasteiger partial charge on any atom is -0.308 e. The van der Waals surface area contributed by atoms with Gasteiger partial charge in [-0.1, -0.05) is 13.8 Å². The maximum absolute atomic E-state index is 4.59. The number of nitrogens with zero attached hydrogens (tertiary/aromatic N) is 2. The summed E-state index contributed by atoms with van der Waals surface area (Å²) >= 11 is 0. The molecule has 3 nitrogen and oxygen atoms in total. The van der Waals surface area contributed by atoms with Gasteiger partial charge in [0.2, 0.25) is 0 Å². The van der Waals surface area contributed by atoms with Crippen molar-refractivity contribution in [3.05, 3.63) is 23.3 Å². The van der Waals surface area contributed by atoms with Crippen molar-refractivity contribution in [2.75, 3.05) is 0 Å². The first-order valence-corrected chi connectivity index (χ1v) is 6.41. The van der Waals surface area contributed by atoms with Crippen LogP contribution >= 0.6 is 0 Å². The molecule has 0 aromatic carbocycles. The zero-order valence-electron chi connectivity index (χ0n) is 12.0. The van der Waals surface area contributed by atoms with Gasteiger partial charge in [0.05, 0.1) is 0 Å². The number of hydrogen-bond acceptors (Lipinski definition) is 3. The zero-order valence-corrected chi connectivity index (χ0v) is 12.0. The molecule has 17 heavy (non-hydrogen) atoms. The van der Waals surface area contributed by atoms with E-state index in [2.05, 4.69) is 56.8 Å². The molecule has 0 aliphatic rings. The fourth-order valence-electron chi connectivity index (χ4n) is 1.46. The van der Waals surface area contributed by atoms with Crippen LogP contribution in [-0.4, -0.2) is 15.5 Å². The Kier molecular flexibility index (Phi) is 4.63. The third kappa shape index (κ3) is 4.43. The van der Waals surface area contributed by atoms with Crippen LogP contribution < -0.4 is 5.32 Å². The molecule has 0 saturated carbocycles. The maximum atomic E-state index is 4.59. The summed E-state index contributed by atoms with van der Waals surface area (Å²) in [6, 6.07) is 0. The Bertz CT molecular complexity index is 366. The smallest absolute Gasteiger partial charge is 0.131 e. The molecule has 0 bridgehead atoms. The summed E-state index contributed by atoms with van der Waals surface area (Å²) in [6.45, 7) is 13.7. The second-order valence-corrected chi connectivity index (χ2v) is 5.75. The molecule has 0 amide bonds. The van der Waals surface area contributed by atoms with E-state index in [0.717, 1.165) is 24.5 Å². The van der Waals surface area contributed by atoms with Crippen molar-refractivity contribution in [3.8, 4) is 0 Å². The van der Waals surface area contributed by atoms with Gasteiger partial charge in [-0.25, -0.2) is 9.97 Å². The van der Waals surface area contributed by atoms with Crippen LogP contribution in [-0.2, 0) is 6.54 Å². The molecule has 0 aliphatic carbocycles. The van der Waals surface area contributed by atoms with Crippen molar-refractivity contribution < 1.29 is 0 Å². The van der Waals surface area contributed by atoms with E-state index < -0.39 is 0 Å². The first kappa shape index (κ1) is 14.1. The van der Waals surface area contributed by atoms with Crippen LogP contribution in [0.4, 0.5) is 0 Å². The second-order valence-electron chi connectivity index (χ2n) is 5.75. The lowest BCUT2D eigenvalue weighted by Gasteiger charge is -2.21. The van der Waals surface area contributed by atoms with Crippen molar-refractivity contribution in [1.29, 1.82) is 0 Å². The van der Waals surface area contributed by atoms with Crippen LogP contribution in [0.5, 0.6) is 0 Å². The summed E-state index contributed by atoms with van der Waals surface area (Å²) in [5.41, 5.74) is 2.40. The predicted octanol–water partition coefficient (Wildman–Crippen LogP) is 3.19. The molecule has 1 rings (SSSR count). The lowest BCUT2D eigenvalue weighted by atomic mass is 10.1. The topological polar surface area (TPSA) is 37.8 Å². The highest BCUT2D eigenvalue weighted by Crippen LogP contribution is 2.15. The fourth-order valence-corrected chi connectivity index (χ4v) is 1.46. The molecule has 1 atom stereocenters. The van der Waals surface area contributed by atoms with Gasteiger partial charge >= 0.3 is 0 Å². The number of aryl methyl sites for hydroxylation is 1. The summed E-state index contributed by atoms with van der Waals surface area (Å²) in [5.74, 6) is 1.41. The number of rotatable bonds is 4. The van der Waals surface area contributed by atoms with E-state index in [-0.39, 0.29) is 5.54 Å². The van der Waals surface area contributed by atoms with E-state index in [0.29, 0.717) is 5.92 Å². The van der Waals surface area contributed by atoms with E-state index in [1.54, 1.807) is 0 Å². The number of nitrogens with one attached hydrogen (secondary N) is 1. The molecule has 1 unspecified atom stereocenters. The third-order valence-corrected chi connectivity index (χ3v) is 2.96. The Hall–Kier alpha value is -0.960. The Morgan fingerprint density at radius 1 is 1.35 bits per heavy atom. The molecule has 0 fully saturated rings. The van der Waals surface area contributed by atoms with E-state index in [1.807, 2.05) is 6.20 Å². The van der Waals surface area contributed by atoms with Gasteiger partial charge < -0.3 is 5.32 Å². The highest BCUT2D eigenvalue weighted by atomic mass is 15.0. The second kappa shape index (κ2) is 5.58. The van der Waals surface area contributed by atoms with Crippen LogP contribution in [0, 0.1) is 6.92 Å². The molecule has 1 heterocycles. The lowest BCUT2D eigenvalue weighted by molar-refractivity contribution is 0.422. The van der Waals surface area contributed by atoms with Crippen LogP contribution in [0.3, 0.4) is 0 Å². The van der Waals surface area contributed by atoms with E-state index >= 15 is 0 Å². The van der Waals surface area contributed by atoms with Gasteiger partial charge in [0.25, 0.3) is 0 Å². The van der Waals surface area contributed by atoms with Crippen LogP contribution in [0.15, 0.2) is 6.20 Å². The monoisotopic (exact) mass is 235 g/mol. The average Bonchev–Trinajstić information content (AvgIpc) is 2.25. The Labute approximate surface area is 105 Å². The van der Waals surface area contributed by atoms with Crippen molar-refractivity contribution in [2.24, 2.45) is 0 Å². The predicted molar refractivity (Wildman–Crippen MR) is 72.1 cm³/mol. The minimum absolute atomic E-state index is 0.127. The maximum Gasteiger partial charge on any atom is 0.131 e. The highest BCUT2D eigenvalue weighted by Gasteiger charge is 2.12. The van der Waals surface area contributed by atoms with Gasteiger partial charge in [-0.3, -0.25) is 0 Å². The number of aromatic nitrogens is 2.